The number of rotatable bonds is 2. The molecule has 1 fully saturated rings. The summed E-state index contributed by atoms with van der Waals surface area (Å²) in [6.07, 6.45) is 3.85. The first-order valence-electron chi connectivity index (χ1n) is 5.18. The molecule has 0 N–H and O–H groups in total. The number of hydrogen-bond acceptors (Lipinski definition) is 1. The van der Waals surface area contributed by atoms with Gasteiger partial charge in [0.05, 0.1) is 10.6 Å². The lowest BCUT2D eigenvalue weighted by molar-refractivity contribution is 0.0919. The third-order valence-electron chi connectivity index (χ3n) is 2.94. The third-order valence-corrected chi connectivity index (χ3v) is 3.25. The Morgan fingerprint density at radius 2 is 2.00 bits per heavy atom. The first-order valence-corrected chi connectivity index (χ1v) is 5.56. The second kappa shape index (κ2) is 4.31. The van der Waals surface area contributed by atoms with Crippen molar-refractivity contribution in [1.82, 2.24) is 0 Å². The standard InChI is InChI=1S/C12H12ClFO/c13-9-6-3-7-10(14)11(9)12(15)8-4-1-2-5-8/h3,6-8H,1-2,4-5H2. The molecule has 0 heterocycles. The highest BCUT2D eigenvalue weighted by Crippen LogP contribution is 2.31. The van der Waals surface area contributed by atoms with E-state index < -0.39 is 5.82 Å². The molecule has 0 radical (unpaired) electrons. The summed E-state index contributed by atoms with van der Waals surface area (Å²) in [6.45, 7) is 0. The van der Waals surface area contributed by atoms with E-state index in [0.29, 0.717) is 0 Å². The van der Waals surface area contributed by atoms with Gasteiger partial charge < -0.3 is 0 Å². The highest BCUT2D eigenvalue weighted by Gasteiger charge is 2.27. The van der Waals surface area contributed by atoms with Gasteiger partial charge in [0, 0.05) is 5.92 Å². The van der Waals surface area contributed by atoms with E-state index in [0.717, 1.165) is 25.7 Å². The zero-order chi connectivity index (χ0) is 10.8. The lowest BCUT2D eigenvalue weighted by atomic mass is 9.96. The van der Waals surface area contributed by atoms with Crippen molar-refractivity contribution in [1.29, 1.82) is 0 Å². The van der Waals surface area contributed by atoms with Crippen molar-refractivity contribution in [2.45, 2.75) is 25.7 Å². The zero-order valence-electron chi connectivity index (χ0n) is 8.30. The Kier molecular flexibility index (Phi) is 3.06. The van der Waals surface area contributed by atoms with Crippen LogP contribution in [-0.2, 0) is 0 Å². The van der Waals surface area contributed by atoms with E-state index in [9.17, 15) is 9.18 Å². The Hall–Kier alpha value is -0.890. The minimum atomic E-state index is -0.501. The van der Waals surface area contributed by atoms with Crippen LogP contribution in [-0.4, -0.2) is 5.78 Å². The summed E-state index contributed by atoms with van der Waals surface area (Å²) in [5, 5.41) is 0.229. The van der Waals surface area contributed by atoms with Gasteiger partial charge >= 0.3 is 0 Å². The van der Waals surface area contributed by atoms with Crippen molar-refractivity contribution in [3.8, 4) is 0 Å². The summed E-state index contributed by atoms with van der Waals surface area (Å²) in [5.41, 5.74) is 0.0751. The lowest BCUT2D eigenvalue weighted by Crippen LogP contribution is -2.13. The molecule has 1 saturated carbocycles. The van der Waals surface area contributed by atoms with Crippen molar-refractivity contribution < 1.29 is 9.18 Å². The molecule has 1 aliphatic rings. The van der Waals surface area contributed by atoms with Crippen molar-refractivity contribution >= 4 is 17.4 Å². The van der Waals surface area contributed by atoms with Crippen molar-refractivity contribution in [3.63, 3.8) is 0 Å². The molecule has 0 atom stereocenters. The molecule has 1 aliphatic carbocycles. The van der Waals surface area contributed by atoms with Gasteiger partial charge in [0.2, 0.25) is 0 Å². The molecule has 1 aromatic rings. The smallest absolute Gasteiger partial charge is 0.170 e. The van der Waals surface area contributed by atoms with Crippen LogP contribution in [0.25, 0.3) is 0 Å². The molecule has 0 amide bonds. The van der Waals surface area contributed by atoms with Crippen LogP contribution in [0, 0.1) is 11.7 Å². The van der Waals surface area contributed by atoms with Crippen LogP contribution >= 0.6 is 11.6 Å². The van der Waals surface area contributed by atoms with Gasteiger partial charge in [-0.15, -0.1) is 0 Å². The fourth-order valence-electron chi connectivity index (χ4n) is 2.13. The van der Waals surface area contributed by atoms with Gasteiger partial charge in [0.1, 0.15) is 5.82 Å². The van der Waals surface area contributed by atoms with E-state index in [1.165, 1.54) is 12.1 Å². The minimum absolute atomic E-state index is 0.0283. The van der Waals surface area contributed by atoms with Crippen LogP contribution in [0.3, 0.4) is 0 Å². The van der Waals surface area contributed by atoms with Crippen LogP contribution in [0.5, 0.6) is 0 Å². The molecule has 0 aromatic heterocycles. The Labute approximate surface area is 93.2 Å². The van der Waals surface area contributed by atoms with Gasteiger partial charge in [0.25, 0.3) is 0 Å². The highest BCUT2D eigenvalue weighted by atomic mass is 35.5. The van der Waals surface area contributed by atoms with E-state index in [4.69, 9.17) is 11.6 Å². The first kappa shape index (κ1) is 10.6. The van der Waals surface area contributed by atoms with Crippen LogP contribution < -0.4 is 0 Å². The number of ketones is 1. The number of hydrogen-bond donors (Lipinski definition) is 0. The van der Waals surface area contributed by atoms with Gasteiger partial charge in [-0.2, -0.15) is 0 Å². The maximum atomic E-state index is 13.4. The molecule has 3 heteroatoms. The van der Waals surface area contributed by atoms with Crippen molar-refractivity contribution in [2.75, 3.05) is 0 Å². The summed E-state index contributed by atoms with van der Waals surface area (Å²) in [5.74, 6) is -0.658. The van der Waals surface area contributed by atoms with E-state index in [2.05, 4.69) is 0 Å². The third kappa shape index (κ3) is 2.05. The summed E-state index contributed by atoms with van der Waals surface area (Å²) in [7, 11) is 0. The molecule has 2 rings (SSSR count). The monoisotopic (exact) mass is 226 g/mol. The summed E-state index contributed by atoms with van der Waals surface area (Å²) in [6, 6.07) is 4.37. The molecule has 0 saturated heterocycles. The second-order valence-electron chi connectivity index (χ2n) is 3.94. The molecule has 15 heavy (non-hydrogen) atoms. The van der Waals surface area contributed by atoms with Crippen molar-refractivity contribution in [2.24, 2.45) is 5.92 Å². The van der Waals surface area contributed by atoms with Crippen LogP contribution in [0.2, 0.25) is 5.02 Å². The van der Waals surface area contributed by atoms with Crippen LogP contribution in [0.4, 0.5) is 4.39 Å². The number of carbonyl (C=O) groups excluding carboxylic acids is 1. The molecule has 1 nitrogen and oxygen atoms in total. The predicted molar refractivity (Wildman–Crippen MR) is 57.7 cm³/mol. The molecule has 1 aromatic carbocycles. The lowest BCUT2D eigenvalue weighted by Gasteiger charge is -2.09. The Morgan fingerprint density at radius 3 is 2.60 bits per heavy atom. The van der Waals surface area contributed by atoms with Crippen molar-refractivity contribution in [3.05, 3.63) is 34.6 Å². The van der Waals surface area contributed by atoms with Gasteiger partial charge in [-0.25, -0.2) is 4.39 Å². The van der Waals surface area contributed by atoms with E-state index in [1.807, 2.05) is 0 Å². The maximum Gasteiger partial charge on any atom is 0.170 e. The van der Waals surface area contributed by atoms with E-state index in [1.54, 1.807) is 6.07 Å². The number of benzene rings is 1. The SMILES string of the molecule is O=C(c1c(F)cccc1Cl)C1CCCC1. The van der Waals surface area contributed by atoms with Crippen LogP contribution in [0.15, 0.2) is 18.2 Å². The molecular formula is C12H12ClFO. The molecular weight excluding hydrogens is 215 g/mol. The predicted octanol–water partition coefficient (Wildman–Crippen LogP) is 3.85. The first-order chi connectivity index (χ1) is 7.20. The fraction of sp³-hybridized carbons (Fsp3) is 0.417. The maximum absolute atomic E-state index is 13.4. The molecule has 0 aliphatic heterocycles. The van der Waals surface area contributed by atoms with Gasteiger partial charge in [0.15, 0.2) is 5.78 Å². The summed E-state index contributed by atoms with van der Waals surface area (Å²) in [4.78, 5) is 12.0. The normalized spacial score (nSPS) is 16.9. The zero-order valence-corrected chi connectivity index (χ0v) is 9.06. The summed E-state index contributed by atoms with van der Waals surface area (Å²) < 4.78 is 13.4. The number of Topliss-reactive ketones (excluding diaryl/α,β-unsaturated/α-hetero) is 1. The van der Waals surface area contributed by atoms with E-state index in [-0.39, 0.29) is 22.3 Å². The average Bonchev–Trinajstić information content (AvgIpc) is 2.69. The Morgan fingerprint density at radius 1 is 1.33 bits per heavy atom. The van der Waals surface area contributed by atoms with Crippen LogP contribution in [0.1, 0.15) is 36.0 Å². The average molecular weight is 227 g/mol. The fourth-order valence-corrected chi connectivity index (χ4v) is 2.38. The van der Waals surface area contributed by atoms with Gasteiger partial charge in [-0.1, -0.05) is 30.5 Å². The molecule has 0 spiro atoms. The topological polar surface area (TPSA) is 17.1 Å². The largest absolute Gasteiger partial charge is 0.294 e. The second-order valence-corrected chi connectivity index (χ2v) is 4.35. The quantitative estimate of drug-likeness (QED) is 0.700. The Bertz CT molecular complexity index is 363. The summed E-state index contributed by atoms with van der Waals surface area (Å²) >= 11 is 5.84. The van der Waals surface area contributed by atoms with Gasteiger partial charge in [-0.3, -0.25) is 4.79 Å². The molecule has 80 valence electrons. The Balaban J connectivity index is 2.32. The molecule has 0 unspecified atom stereocenters. The van der Waals surface area contributed by atoms with E-state index >= 15 is 0 Å². The van der Waals surface area contributed by atoms with Gasteiger partial charge in [-0.05, 0) is 25.0 Å². The number of halogens is 2. The molecule has 0 bridgehead atoms. The highest BCUT2D eigenvalue weighted by molar-refractivity contribution is 6.34. The number of carbonyl (C=O) groups is 1. The minimum Gasteiger partial charge on any atom is -0.294 e.